The van der Waals surface area contributed by atoms with Gasteiger partial charge >= 0.3 is 5.69 Å². The third-order valence-electron chi connectivity index (χ3n) is 3.48. The molecule has 0 N–H and O–H groups in total. The molecule has 0 radical (unpaired) electrons. The zero-order chi connectivity index (χ0) is 16.5. The van der Waals surface area contributed by atoms with Crippen molar-refractivity contribution in [1.82, 2.24) is 0 Å². The molecule has 0 fully saturated rings. The van der Waals surface area contributed by atoms with Crippen LogP contribution in [0.4, 0.5) is 5.69 Å². The molecule has 22 heavy (non-hydrogen) atoms. The summed E-state index contributed by atoms with van der Waals surface area (Å²) in [6.07, 6.45) is 0. The molecule has 116 valence electrons. The Balaban J connectivity index is 2.54. The molecule has 0 bridgehead atoms. The minimum atomic E-state index is -0.415. The van der Waals surface area contributed by atoms with Crippen LogP contribution in [0.25, 0.3) is 0 Å². The van der Waals surface area contributed by atoms with Gasteiger partial charge < -0.3 is 4.74 Å². The highest BCUT2D eigenvalue weighted by molar-refractivity contribution is 5.52. The molecule has 0 spiro atoms. The molecule has 0 amide bonds. The predicted molar refractivity (Wildman–Crippen MR) is 87.8 cm³/mol. The molecule has 2 aromatic rings. The highest BCUT2D eigenvalue weighted by atomic mass is 16.6. The van der Waals surface area contributed by atoms with E-state index < -0.39 is 4.92 Å². The Labute approximate surface area is 130 Å². The smallest absolute Gasteiger partial charge is 0.311 e. The van der Waals surface area contributed by atoms with Crippen molar-refractivity contribution in [3.63, 3.8) is 0 Å². The number of rotatable bonds is 3. The van der Waals surface area contributed by atoms with Crippen molar-refractivity contribution in [2.45, 2.75) is 40.0 Å². The summed E-state index contributed by atoms with van der Waals surface area (Å²) in [5.41, 5.74) is 2.87. The molecule has 0 aliphatic carbocycles. The van der Waals surface area contributed by atoms with E-state index in [1.165, 1.54) is 6.07 Å². The molecule has 4 nitrogen and oxygen atoms in total. The summed E-state index contributed by atoms with van der Waals surface area (Å²) >= 11 is 0. The van der Waals surface area contributed by atoms with Crippen LogP contribution in [0.1, 0.15) is 37.5 Å². The zero-order valence-corrected chi connectivity index (χ0v) is 13.6. The van der Waals surface area contributed by atoms with Crippen molar-refractivity contribution < 1.29 is 9.66 Å². The van der Waals surface area contributed by atoms with Crippen LogP contribution in [0.3, 0.4) is 0 Å². The average Bonchev–Trinajstić information content (AvgIpc) is 2.36. The average molecular weight is 299 g/mol. The summed E-state index contributed by atoms with van der Waals surface area (Å²) in [4.78, 5) is 10.8. The van der Waals surface area contributed by atoms with Crippen LogP contribution in [0.15, 0.2) is 36.4 Å². The Hall–Kier alpha value is -2.36. The second kappa shape index (κ2) is 5.79. The highest BCUT2D eigenvalue weighted by Gasteiger charge is 2.22. The lowest BCUT2D eigenvalue weighted by Gasteiger charge is -2.23. The zero-order valence-electron chi connectivity index (χ0n) is 13.6. The van der Waals surface area contributed by atoms with E-state index in [0.29, 0.717) is 5.75 Å². The Bertz CT molecular complexity index is 715. The summed E-state index contributed by atoms with van der Waals surface area (Å²) in [6, 6.07) is 10.9. The normalized spacial score (nSPS) is 11.3. The van der Waals surface area contributed by atoms with E-state index in [4.69, 9.17) is 4.74 Å². The number of hydrogen-bond donors (Lipinski definition) is 0. The topological polar surface area (TPSA) is 52.4 Å². The van der Waals surface area contributed by atoms with Crippen molar-refractivity contribution in [3.05, 3.63) is 63.2 Å². The fourth-order valence-electron chi connectivity index (χ4n) is 2.31. The van der Waals surface area contributed by atoms with E-state index >= 15 is 0 Å². The van der Waals surface area contributed by atoms with E-state index in [1.807, 2.05) is 32.0 Å². The number of nitrogens with zero attached hydrogens (tertiary/aromatic N) is 1. The van der Waals surface area contributed by atoms with Crippen LogP contribution < -0.4 is 4.74 Å². The second-order valence-electron chi connectivity index (χ2n) is 6.58. The van der Waals surface area contributed by atoms with Crippen molar-refractivity contribution in [3.8, 4) is 11.5 Å². The fraction of sp³-hybridized carbons (Fsp3) is 0.333. The molecule has 0 saturated heterocycles. The Morgan fingerprint density at radius 3 is 2.05 bits per heavy atom. The Morgan fingerprint density at radius 2 is 1.50 bits per heavy atom. The number of aryl methyl sites for hydroxylation is 2. The first-order chi connectivity index (χ1) is 10.2. The lowest BCUT2D eigenvalue weighted by Crippen LogP contribution is -2.12. The summed E-state index contributed by atoms with van der Waals surface area (Å²) in [7, 11) is 0. The van der Waals surface area contributed by atoms with Gasteiger partial charge in [0.1, 0.15) is 5.75 Å². The van der Waals surface area contributed by atoms with E-state index in [2.05, 4.69) is 20.8 Å². The molecule has 0 aliphatic heterocycles. The third kappa shape index (κ3) is 3.45. The molecular weight excluding hydrogens is 278 g/mol. The maximum Gasteiger partial charge on any atom is 0.311 e. The van der Waals surface area contributed by atoms with Gasteiger partial charge in [-0.1, -0.05) is 39.0 Å². The first kappa shape index (κ1) is 16.0. The van der Waals surface area contributed by atoms with Crippen LogP contribution >= 0.6 is 0 Å². The van der Waals surface area contributed by atoms with Crippen molar-refractivity contribution in [2.75, 3.05) is 0 Å². The van der Waals surface area contributed by atoms with Gasteiger partial charge in [0.15, 0.2) is 0 Å². The van der Waals surface area contributed by atoms with E-state index in [0.717, 1.165) is 16.7 Å². The maximum absolute atomic E-state index is 11.2. The number of hydrogen-bond acceptors (Lipinski definition) is 3. The van der Waals surface area contributed by atoms with Gasteiger partial charge in [-0.3, -0.25) is 10.1 Å². The van der Waals surface area contributed by atoms with Gasteiger partial charge in [0.05, 0.1) is 4.92 Å². The fourth-order valence-corrected chi connectivity index (χ4v) is 2.31. The second-order valence-corrected chi connectivity index (χ2v) is 6.58. The molecular formula is C18H21NO3. The first-order valence-electron chi connectivity index (χ1n) is 7.22. The van der Waals surface area contributed by atoms with E-state index in [-0.39, 0.29) is 16.9 Å². The van der Waals surface area contributed by atoms with E-state index in [1.54, 1.807) is 12.1 Å². The Morgan fingerprint density at radius 1 is 0.955 bits per heavy atom. The minimum absolute atomic E-state index is 0.0213. The summed E-state index contributed by atoms with van der Waals surface area (Å²) in [5.74, 6) is 0.947. The van der Waals surface area contributed by atoms with Crippen molar-refractivity contribution >= 4 is 5.69 Å². The summed E-state index contributed by atoms with van der Waals surface area (Å²) in [5, 5.41) is 11.2. The lowest BCUT2D eigenvalue weighted by molar-refractivity contribution is -0.385. The highest BCUT2D eigenvalue weighted by Crippen LogP contribution is 2.38. The molecule has 0 atom stereocenters. The maximum atomic E-state index is 11.2. The van der Waals surface area contributed by atoms with Gasteiger partial charge in [0, 0.05) is 11.6 Å². The van der Waals surface area contributed by atoms with Gasteiger partial charge in [-0.2, -0.15) is 0 Å². The summed E-state index contributed by atoms with van der Waals surface area (Å²) < 4.78 is 5.95. The van der Waals surface area contributed by atoms with Crippen LogP contribution in [0, 0.1) is 24.0 Å². The van der Waals surface area contributed by atoms with Gasteiger partial charge in [0.25, 0.3) is 0 Å². The monoisotopic (exact) mass is 299 g/mol. The standard InChI is InChI=1S/C18H21NO3/c1-12-6-8-14(18(3,4)5)16(10-12)22-17-11-13(2)7-9-15(17)19(20)21/h6-11H,1-5H3. The van der Waals surface area contributed by atoms with Crippen LogP contribution in [-0.2, 0) is 5.41 Å². The quantitative estimate of drug-likeness (QED) is 0.570. The minimum Gasteiger partial charge on any atom is -0.450 e. The molecule has 2 aromatic carbocycles. The van der Waals surface area contributed by atoms with Crippen molar-refractivity contribution in [1.29, 1.82) is 0 Å². The van der Waals surface area contributed by atoms with Crippen LogP contribution in [0.2, 0.25) is 0 Å². The largest absolute Gasteiger partial charge is 0.450 e. The van der Waals surface area contributed by atoms with Gasteiger partial charge in [0.2, 0.25) is 5.75 Å². The SMILES string of the molecule is Cc1ccc([N+](=O)[O-])c(Oc2cc(C)ccc2C(C)(C)C)c1. The van der Waals surface area contributed by atoms with Crippen LogP contribution in [-0.4, -0.2) is 4.92 Å². The number of nitro benzene ring substituents is 1. The Kier molecular flexibility index (Phi) is 4.22. The number of ether oxygens (including phenoxy) is 1. The summed E-state index contributed by atoms with van der Waals surface area (Å²) in [6.45, 7) is 10.1. The number of benzene rings is 2. The molecule has 0 unspecified atom stereocenters. The van der Waals surface area contributed by atoms with Crippen molar-refractivity contribution in [2.24, 2.45) is 0 Å². The molecule has 2 rings (SSSR count). The van der Waals surface area contributed by atoms with Gasteiger partial charge in [-0.15, -0.1) is 0 Å². The number of nitro groups is 1. The molecule has 0 heterocycles. The third-order valence-corrected chi connectivity index (χ3v) is 3.48. The first-order valence-corrected chi connectivity index (χ1v) is 7.22. The molecule has 0 saturated carbocycles. The van der Waals surface area contributed by atoms with Gasteiger partial charge in [-0.05, 0) is 42.5 Å². The van der Waals surface area contributed by atoms with E-state index in [9.17, 15) is 10.1 Å². The van der Waals surface area contributed by atoms with Crippen LogP contribution in [0.5, 0.6) is 11.5 Å². The molecule has 0 aromatic heterocycles. The lowest BCUT2D eigenvalue weighted by atomic mass is 9.86. The molecule has 4 heteroatoms. The van der Waals surface area contributed by atoms with Gasteiger partial charge in [-0.25, -0.2) is 0 Å². The molecule has 0 aliphatic rings. The predicted octanol–water partition coefficient (Wildman–Crippen LogP) is 5.30.